The molecule has 0 saturated carbocycles. The van der Waals surface area contributed by atoms with E-state index in [1.165, 1.54) is 12.1 Å². The van der Waals surface area contributed by atoms with Crippen LogP contribution >= 0.6 is 11.6 Å². The molecule has 0 radical (unpaired) electrons. The second-order valence-electron chi connectivity index (χ2n) is 2.70. The Morgan fingerprint density at radius 2 is 2.00 bits per heavy atom. The zero-order chi connectivity index (χ0) is 9.35. The Bertz CT molecular complexity index is 273. The summed E-state index contributed by atoms with van der Waals surface area (Å²) in [6, 6.07) is 2.71. The summed E-state index contributed by atoms with van der Waals surface area (Å²) in [6.45, 7) is 2.42. The first-order chi connectivity index (χ1) is 5.39. The normalized spacial score (nSPS) is 11.8. The van der Waals surface area contributed by atoms with Gasteiger partial charge in [-0.05, 0) is 19.1 Å². The van der Waals surface area contributed by atoms with Crippen molar-refractivity contribution >= 4 is 11.6 Å². The van der Waals surface area contributed by atoms with Crippen LogP contribution < -0.4 is 0 Å². The number of pyridine rings is 1. The molecule has 1 aromatic heterocycles. The Morgan fingerprint density at radius 1 is 1.42 bits per heavy atom. The molecule has 0 aliphatic carbocycles. The number of aryl methyl sites for hydroxylation is 1. The lowest BCUT2D eigenvalue weighted by Gasteiger charge is -2.09. The summed E-state index contributed by atoms with van der Waals surface area (Å²) < 4.78 is 25.4. The molecule has 0 aliphatic rings. The molecule has 0 atom stereocenters. The maximum atomic E-state index is 12.7. The largest absolute Gasteiger partial charge is 0.287 e. The van der Waals surface area contributed by atoms with Crippen molar-refractivity contribution in [1.82, 2.24) is 4.98 Å². The fourth-order valence-electron chi connectivity index (χ4n) is 0.851. The van der Waals surface area contributed by atoms with Crippen LogP contribution in [0.3, 0.4) is 0 Å². The highest BCUT2D eigenvalue weighted by Gasteiger charge is 2.26. The van der Waals surface area contributed by atoms with Gasteiger partial charge in [0.1, 0.15) is 5.69 Å². The molecular formula is C8H8ClF2N. The predicted octanol–water partition coefficient (Wildman–Crippen LogP) is 3.16. The molecule has 0 unspecified atom stereocenters. The molecule has 4 heteroatoms. The summed E-state index contributed by atoms with van der Waals surface area (Å²) in [5, 5.41) is 0.291. The van der Waals surface area contributed by atoms with E-state index < -0.39 is 5.92 Å². The molecular weight excluding hydrogens is 184 g/mol. The Kier molecular flexibility index (Phi) is 2.33. The molecule has 1 nitrogen and oxygen atoms in total. The third kappa shape index (κ3) is 2.14. The molecule has 0 N–H and O–H groups in total. The predicted molar refractivity (Wildman–Crippen MR) is 43.6 cm³/mol. The van der Waals surface area contributed by atoms with E-state index in [-0.39, 0.29) is 5.69 Å². The SMILES string of the molecule is Cc1cc(Cl)cc(C(C)(F)F)n1. The van der Waals surface area contributed by atoms with E-state index in [0.29, 0.717) is 10.7 Å². The minimum atomic E-state index is -2.92. The highest BCUT2D eigenvalue weighted by Crippen LogP contribution is 2.27. The van der Waals surface area contributed by atoms with Crippen LogP contribution in [-0.4, -0.2) is 4.98 Å². The molecule has 0 spiro atoms. The first-order valence-electron chi connectivity index (χ1n) is 3.42. The van der Waals surface area contributed by atoms with Crippen molar-refractivity contribution in [3.63, 3.8) is 0 Å². The van der Waals surface area contributed by atoms with Crippen molar-refractivity contribution < 1.29 is 8.78 Å². The van der Waals surface area contributed by atoms with E-state index in [0.717, 1.165) is 6.92 Å². The summed E-state index contributed by atoms with van der Waals surface area (Å²) >= 11 is 5.58. The molecule has 0 fully saturated rings. The molecule has 0 saturated heterocycles. The zero-order valence-electron chi connectivity index (χ0n) is 6.74. The number of hydrogen-bond donors (Lipinski definition) is 0. The van der Waals surface area contributed by atoms with Gasteiger partial charge in [-0.25, -0.2) is 0 Å². The van der Waals surface area contributed by atoms with E-state index in [4.69, 9.17) is 11.6 Å². The average molecular weight is 192 g/mol. The zero-order valence-corrected chi connectivity index (χ0v) is 7.49. The van der Waals surface area contributed by atoms with Gasteiger partial charge >= 0.3 is 0 Å². The van der Waals surface area contributed by atoms with Crippen molar-refractivity contribution in [3.8, 4) is 0 Å². The Balaban J connectivity index is 3.18. The number of halogens is 3. The number of nitrogens with zero attached hydrogens (tertiary/aromatic N) is 1. The third-order valence-electron chi connectivity index (χ3n) is 1.37. The van der Waals surface area contributed by atoms with Gasteiger partial charge in [0.05, 0.1) is 0 Å². The first-order valence-corrected chi connectivity index (χ1v) is 3.80. The van der Waals surface area contributed by atoms with Crippen LogP contribution in [0, 0.1) is 6.92 Å². The molecule has 66 valence electrons. The molecule has 12 heavy (non-hydrogen) atoms. The number of alkyl halides is 2. The Morgan fingerprint density at radius 3 is 2.42 bits per heavy atom. The van der Waals surface area contributed by atoms with Gasteiger partial charge in [-0.3, -0.25) is 4.98 Å². The van der Waals surface area contributed by atoms with E-state index >= 15 is 0 Å². The fraction of sp³-hybridized carbons (Fsp3) is 0.375. The van der Waals surface area contributed by atoms with E-state index in [9.17, 15) is 8.78 Å². The molecule has 1 heterocycles. The monoisotopic (exact) mass is 191 g/mol. The van der Waals surface area contributed by atoms with Crippen LogP contribution in [0.5, 0.6) is 0 Å². The summed E-state index contributed by atoms with van der Waals surface area (Å²) in [6.07, 6.45) is 0. The highest BCUT2D eigenvalue weighted by atomic mass is 35.5. The van der Waals surface area contributed by atoms with Crippen molar-refractivity contribution in [2.24, 2.45) is 0 Å². The number of hydrogen-bond acceptors (Lipinski definition) is 1. The number of aromatic nitrogens is 1. The Labute approximate surface area is 74.4 Å². The molecule has 0 bridgehead atoms. The van der Waals surface area contributed by atoms with Gasteiger partial charge in [0.15, 0.2) is 0 Å². The fourth-order valence-corrected chi connectivity index (χ4v) is 1.11. The standard InChI is InChI=1S/C8H8ClF2N/c1-5-3-6(9)4-7(12-5)8(2,10)11/h3-4H,1-2H3. The van der Waals surface area contributed by atoms with Crippen LogP contribution in [0.15, 0.2) is 12.1 Å². The van der Waals surface area contributed by atoms with Crippen molar-refractivity contribution in [2.45, 2.75) is 19.8 Å². The lowest BCUT2D eigenvalue weighted by molar-refractivity contribution is 0.0126. The minimum absolute atomic E-state index is 0.285. The lowest BCUT2D eigenvalue weighted by atomic mass is 10.2. The number of rotatable bonds is 1. The molecule has 0 aliphatic heterocycles. The summed E-state index contributed by atoms with van der Waals surface area (Å²) in [7, 11) is 0. The van der Waals surface area contributed by atoms with Gasteiger partial charge in [0, 0.05) is 17.6 Å². The lowest BCUT2D eigenvalue weighted by Crippen LogP contribution is -2.10. The van der Waals surface area contributed by atoms with Crippen LogP contribution in [0.25, 0.3) is 0 Å². The molecule has 1 rings (SSSR count). The minimum Gasteiger partial charge on any atom is -0.252 e. The first kappa shape index (κ1) is 9.39. The quantitative estimate of drug-likeness (QED) is 0.665. The van der Waals surface area contributed by atoms with Crippen molar-refractivity contribution in [2.75, 3.05) is 0 Å². The van der Waals surface area contributed by atoms with Crippen LogP contribution in [0.1, 0.15) is 18.3 Å². The molecule has 0 amide bonds. The van der Waals surface area contributed by atoms with Crippen molar-refractivity contribution in [3.05, 3.63) is 28.5 Å². The van der Waals surface area contributed by atoms with Gasteiger partial charge in [-0.2, -0.15) is 8.78 Å². The molecule has 0 aromatic carbocycles. The van der Waals surface area contributed by atoms with Gasteiger partial charge in [0.2, 0.25) is 0 Å². The molecule has 1 aromatic rings. The highest BCUT2D eigenvalue weighted by molar-refractivity contribution is 6.30. The summed E-state index contributed by atoms with van der Waals surface area (Å²) in [5.74, 6) is -2.92. The van der Waals surface area contributed by atoms with Crippen LogP contribution in [0.2, 0.25) is 5.02 Å². The maximum absolute atomic E-state index is 12.7. The Hall–Kier alpha value is -0.700. The van der Waals surface area contributed by atoms with Crippen LogP contribution in [0.4, 0.5) is 8.78 Å². The third-order valence-corrected chi connectivity index (χ3v) is 1.59. The van der Waals surface area contributed by atoms with Crippen LogP contribution in [-0.2, 0) is 5.92 Å². The maximum Gasteiger partial charge on any atom is 0.287 e. The van der Waals surface area contributed by atoms with Crippen molar-refractivity contribution in [1.29, 1.82) is 0 Å². The van der Waals surface area contributed by atoms with Gasteiger partial charge in [-0.1, -0.05) is 11.6 Å². The van der Waals surface area contributed by atoms with Gasteiger partial charge in [0.25, 0.3) is 5.92 Å². The van der Waals surface area contributed by atoms with E-state index in [1.54, 1.807) is 6.92 Å². The van der Waals surface area contributed by atoms with E-state index in [2.05, 4.69) is 4.98 Å². The smallest absolute Gasteiger partial charge is 0.252 e. The second kappa shape index (κ2) is 2.98. The summed E-state index contributed by atoms with van der Waals surface area (Å²) in [5.41, 5.74) is 0.214. The van der Waals surface area contributed by atoms with Gasteiger partial charge < -0.3 is 0 Å². The average Bonchev–Trinajstić information content (AvgIpc) is 1.82. The topological polar surface area (TPSA) is 12.9 Å². The second-order valence-corrected chi connectivity index (χ2v) is 3.14. The summed E-state index contributed by atoms with van der Waals surface area (Å²) in [4.78, 5) is 3.67. The van der Waals surface area contributed by atoms with E-state index in [1.807, 2.05) is 0 Å². The van der Waals surface area contributed by atoms with Gasteiger partial charge in [-0.15, -0.1) is 0 Å².